The topological polar surface area (TPSA) is 74.2 Å². The largest absolute Gasteiger partial charge is 0.377 e. The molecule has 1 heterocycles. The molecule has 68 valence electrons. The molecule has 1 unspecified atom stereocenters. The van der Waals surface area contributed by atoms with Crippen LogP contribution in [0.15, 0.2) is 4.52 Å². The molecule has 2 N–H and O–H groups in total. The summed E-state index contributed by atoms with van der Waals surface area (Å²) >= 11 is 0. The van der Waals surface area contributed by atoms with E-state index in [1.165, 1.54) is 0 Å². The maximum atomic E-state index is 5.55. The number of nitrogens with zero attached hydrogens (tertiary/aromatic N) is 2. The molecule has 0 saturated heterocycles. The lowest BCUT2D eigenvalue weighted by atomic mass is 10.2. The molecule has 1 aromatic rings. The molecular weight excluding hydrogens is 158 g/mol. The molecule has 0 aromatic carbocycles. The van der Waals surface area contributed by atoms with Gasteiger partial charge >= 0.3 is 0 Å². The molecule has 0 aliphatic heterocycles. The Morgan fingerprint density at radius 3 is 3.00 bits per heavy atom. The van der Waals surface area contributed by atoms with Crippen molar-refractivity contribution in [2.24, 2.45) is 5.73 Å². The third-order valence-corrected chi connectivity index (χ3v) is 1.28. The van der Waals surface area contributed by atoms with E-state index in [2.05, 4.69) is 10.1 Å². The van der Waals surface area contributed by atoms with Gasteiger partial charge in [-0.25, -0.2) is 0 Å². The fourth-order valence-corrected chi connectivity index (χ4v) is 0.836. The van der Waals surface area contributed by atoms with E-state index in [0.717, 1.165) is 0 Å². The van der Waals surface area contributed by atoms with Crippen molar-refractivity contribution in [2.75, 3.05) is 7.11 Å². The lowest BCUT2D eigenvalue weighted by Crippen LogP contribution is -2.17. The Morgan fingerprint density at radius 1 is 1.67 bits per heavy atom. The fourth-order valence-electron chi connectivity index (χ4n) is 0.836. The quantitative estimate of drug-likeness (QED) is 0.695. The number of methoxy groups -OCH3 is 1. The van der Waals surface area contributed by atoms with Gasteiger partial charge in [0.25, 0.3) is 0 Å². The van der Waals surface area contributed by atoms with Gasteiger partial charge in [-0.15, -0.1) is 0 Å². The van der Waals surface area contributed by atoms with Crippen molar-refractivity contribution in [3.05, 3.63) is 11.7 Å². The van der Waals surface area contributed by atoms with E-state index in [1.54, 1.807) is 7.11 Å². The molecule has 5 heteroatoms. The maximum Gasteiger partial charge on any atom is 0.228 e. The number of rotatable bonds is 4. The molecule has 0 bridgehead atoms. The Bertz CT molecular complexity index is 234. The normalized spacial score (nSPS) is 13.2. The van der Waals surface area contributed by atoms with Crippen LogP contribution in [-0.4, -0.2) is 23.3 Å². The first-order chi connectivity index (χ1) is 5.72. The minimum atomic E-state index is 0.0424. The third-order valence-electron chi connectivity index (χ3n) is 1.28. The lowest BCUT2D eigenvalue weighted by molar-refractivity contribution is 0.174. The van der Waals surface area contributed by atoms with Gasteiger partial charge in [0.15, 0.2) is 5.82 Å². The molecule has 1 atom stereocenters. The summed E-state index contributed by atoms with van der Waals surface area (Å²) in [6.45, 7) is 2.27. The van der Waals surface area contributed by atoms with Gasteiger partial charge in [-0.05, 0) is 6.92 Å². The molecular formula is C7H13N3O2. The Kier molecular flexibility index (Phi) is 3.19. The van der Waals surface area contributed by atoms with Crippen LogP contribution in [0.2, 0.25) is 0 Å². The van der Waals surface area contributed by atoms with E-state index in [0.29, 0.717) is 24.7 Å². The fraction of sp³-hybridized carbons (Fsp3) is 0.714. The molecule has 0 fully saturated rings. The molecule has 0 spiro atoms. The molecule has 0 aliphatic carbocycles. The smallest absolute Gasteiger partial charge is 0.228 e. The Labute approximate surface area is 70.9 Å². The monoisotopic (exact) mass is 171 g/mol. The number of hydrogen-bond acceptors (Lipinski definition) is 5. The summed E-state index contributed by atoms with van der Waals surface area (Å²) in [4.78, 5) is 4.06. The molecule has 0 amide bonds. The van der Waals surface area contributed by atoms with Crippen LogP contribution in [0.4, 0.5) is 0 Å². The molecule has 12 heavy (non-hydrogen) atoms. The first-order valence-corrected chi connectivity index (χ1v) is 3.78. The highest BCUT2D eigenvalue weighted by atomic mass is 16.5. The highest BCUT2D eigenvalue weighted by Crippen LogP contribution is 2.00. The van der Waals surface area contributed by atoms with Gasteiger partial charge in [-0.3, -0.25) is 0 Å². The summed E-state index contributed by atoms with van der Waals surface area (Å²) in [6.07, 6.45) is 0.608. The number of nitrogens with two attached hydrogens (primary N) is 1. The van der Waals surface area contributed by atoms with Crippen LogP contribution in [-0.2, 0) is 17.8 Å². The van der Waals surface area contributed by atoms with Crippen molar-refractivity contribution in [1.82, 2.24) is 10.1 Å². The molecule has 0 aliphatic rings. The number of ether oxygens (including phenoxy) is 1. The summed E-state index contributed by atoms with van der Waals surface area (Å²) in [5.74, 6) is 1.13. The first-order valence-electron chi connectivity index (χ1n) is 3.78. The van der Waals surface area contributed by atoms with Crippen LogP contribution in [0.3, 0.4) is 0 Å². The first kappa shape index (κ1) is 9.15. The summed E-state index contributed by atoms with van der Waals surface area (Å²) in [6, 6.07) is 0.0424. The summed E-state index contributed by atoms with van der Waals surface area (Å²) in [5, 5.41) is 3.69. The van der Waals surface area contributed by atoms with Gasteiger partial charge in [0.05, 0.1) is 0 Å². The van der Waals surface area contributed by atoms with Crippen molar-refractivity contribution in [2.45, 2.75) is 26.0 Å². The zero-order valence-corrected chi connectivity index (χ0v) is 7.28. The van der Waals surface area contributed by atoms with E-state index < -0.39 is 0 Å². The summed E-state index contributed by atoms with van der Waals surface area (Å²) in [7, 11) is 1.58. The molecule has 0 radical (unpaired) electrons. The van der Waals surface area contributed by atoms with Gasteiger partial charge in [0.2, 0.25) is 5.89 Å². The molecule has 5 nitrogen and oxygen atoms in total. The number of hydrogen-bond donors (Lipinski definition) is 1. The SMILES string of the molecule is COCc1noc(CC(C)N)n1. The van der Waals surface area contributed by atoms with Gasteiger partial charge in [-0.2, -0.15) is 4.98 Å². The van der Waals surface area contributed by atoms with Crippen LogP contribution in [0.5, 0.6) is 0 Å². The second-order valence-corrected chi connectivity index (χ2v) is 2.72. The van der Waals surface area contributed by atoms with E-state index in [9.17, 15) is 0 Å². The van der Waals surface area contributed by atoms with Crippen LogP contribution >= 0.6 is 0 Å². The minimum absolute atomic E-state index is 0.0424. The summed E-state index contributed by atoms with van der Waals surface area (Å²) in [5.41, 5.74) is 5.55. The van der Waals surface area contributed by atoms with E-state index in [4.69, 9.17) is 15.0 Å². The van der Waals surface area contributed by atoms with Gasteiger partial charge in [0, 0.05) is 19.6 Å². The van der Waals surface area contributed by atoms with Crippen molar-refractivity contribution in [3.8, 4) is 0 Å². The van der Waals surface area contributed by atoms with Crippen molar-refractivity contribution in [1.29, 1.82) is 0 Å². The Balaban J connectivity index is 2.52. The molecule has 1 rings (SSSR count). The molecule has 0 saturated carbocycles. The van der Waals surface area contributed by atoms with Gasteiger partial charge in [0.1, 0.15) is 6.61 Å². The highest BCUT2D eigenvalue weighted by Gasteiger charge is 2.07. The Morgan fingerprint density at radius 2 is 2.42 bits per heavy atom. The van der Waals surface area contributed by atoms with E-state index in [1.807, 2.05) is 6.92 Å². The zero-order chi connectivity index (χ0) is 8.97. The average molecular weight is 171 g/mol. The average Bonchev–Trinajstić information content (AvgIpc) is 2.36. The van der Waals surface area contributed by atoms with Crippen LogP contribution in [0, 0.1) is 0 Å². The van der Waals surface area contributed by atoms with E-state index >= 15 is 0 Å². The van der Waals surface area contributed by atoms with Crippen LogP contribution in [0.25, 0.3) is 0 Å². The standard InChI is InChI=1S/C7H13N3O2/c1-5(8)3-7-9-6(4-11-2)10-12-7/h5H,3-4,8H2,1-2H3. The second-order valence-electron chi connectivity index (χ2n) is 2.72. The molecule has 1 aromatic heterocycles. The zero-order valence-electron chi connectivity index (χ0n) is 7.28. The predicted octanol–water partition coefficient (Wildman–Crippen LogP) is 0.106. The maximum absolute atomic E-state index is 5.55. The van der Waals surface area contributed by atoms with E-state index in [-0.39, 0.29) is 6.04 Å². The predicted molar refractivity (Wildman–Crippen MR) is 42.4 cm³/mol. The van der Waals surface area contributed by atoms with Crippen molar-refractivity contribution in [3.63, 3.8) is 0 Å². The van der Waals surface area contributed by atoms with Crippen LogP contribution < -0.4 is 5.73 Å². The van der Waals surface area contributed by atoms with Gasteiger partial charge in [-0.1, -0.05) is 5.16 Å². The number of aromatic nitrogens is 2. The van der Waals surface area contributed by atoms with Crippen LogP contribution in [0.1, 0.15) is 18.6 Å². The highest BCUT2D eigenvalue weighted by molar-refractivity contribution is 4.86. The summed E-state index contributed by atoms with van der Waals surface area (Å²) < 4.78 is 9.74. The van der Waals surface area contributed by atoms with Crippen molar-refractivity contribution < 1.29 is 9.26 Å². The van der Waals surface area contributed by atoms with Crippen molar-refractivity contribution >= 4 is 0 Å². The third kappa shape index (κ3) is 2.60. The second kappa shape index (κ2) is 4.18. The lowest BCUT2D eigenvalue weighted by Gasteiger charge is -1.96. The van der Waals surface area contributed by atoms with Gasteiger partial charge < -0.3 is 15.0 Å². The minimum Gasteiger partial charge on any atom is -0.377 e. The Hall–Kier alpha value is -0.940.